The minimum Gasteiger partial charge on any atom is -0.345 e. The summed E-state index contributed by atoms with van der Waals surface area (Å²) in [5.41, 5.74) is 3.42. The third kappa shape index (κ3) is 4.41. The van der Waals surface area contributed by atoms with Crippen LogP contribution in [0.5, 0.6) is 0 Å². The van der Waals surface area contributed by atoms with Crippen molar-refractivity contribution in [1.29, 1.82) is 0 Å². The van der Waals surface area contributed by atoms with Crippen molar-refractivity contribution in [3.05, 3.63) is 100 Å². The lowest BCUT2D eigenvalue weighted by Gasteiger charge is -2.15. The number of hydrogen-bond donors (Lipinski definition) is 2. The predicted molar refractivity (Wildman–Crippen MR) is 117 cm³/mol. The molecule has 5 nitrogen and oxygen atoms in total. The molecule has 3 aromatic rings. The van der Waals surface area contributed by atoms with E-state index in [9.17, 15) is 13.2 Å². The van der Waals surface area contributed by atoms with Gasteiger partial charge in [0, 0.05) is 12.1 Å². The summed E-state index contributed by atoms with van der Waals surface area (Å²) >= 11 is 6.15. The molecule has 0 saturated heterocycles. The van der Waals surface area contributed by atoms with E-state index in [1.165, 1.54) is 23.8 Å². The number of rotatable bonds is 6. The zero-order valence-corrected chi connectivity index (χ0v) is 17.7. The zero-order chi connectivity index (χ0) is 21.1. The second-order valence-corrected chi connectivity index (χ2v) is 9.36. The second kappa shape index (κ2) is 8.60. The maximum atomic E-state index is 12.8. The number of halogens is 1. The molecule has 30 heavy (non-hydrogen) atoms. The smallest absolute Gasteiger partial charge is 0.251 e. The molecule has 0 heterocycles. The van der Waals surface area contributed by atoms with Crippen molar-refractivity contribution < 1.29 is 13.2 Å². The van der Waals surface area contributed by atoms with E-state index in [0.717, 1.165) is 24.0 Å². The molecule has 1 aliphatic rings. The van der Waals surface area contributed by atoms with Crippen LogP contribution in [0.4, 0.5) is 0 Å². The van der Waals surface area contributed by atoms with Gasteiger partial charge in [0.15, 0.2) is 0 Å². The summed E-state index contributed by atoms with van der Waals surface area (Å²) in [5.74, 6) is -0.326. The van der Waals surface area contributed by atoms with Crippen LogP contribution in [-0.4, -0.2) is 14.3 Å². The minimum atomic E-state index is -3.88. The fourth-order valence-electron chi connectivity index (χ4n) is 3.65. The Hall–Kier alpha value is -2.67. The highest BCUT2D eigenvalue weighted by Crippen LogP contribution is 2.31. The van der Waals surface area contributed by atoms with Gasteiger partial charge in [0.2, 0.25) is 10.0 Å². The number of aryl methyl sites for hydroxylation is 1. The first-order chi connectivity index (χ1) is 14.4. The molecule has 1 aliphatic carbocycles. The van der Waals surface area contributed by atoms with Crippen molar-refractivity contribution in [3.63, 3.8) is 0 Å². The molecular formula is C23H21ClN2O3S. The number of nitrogens with one attached hydrogen (secondary N) is 2. The number of amides is 1. The Morgan fingerprint density at radius 3 is 2.53 bits per heavy atom. The fourth-order valence-corrected chi connectivity index (χ4v) is 5.19. The molecule has 0 aromatic heterocycles. The molecule has 0 bridgehead atoms. The van der Waals surface area contributed by atoms with Gasteiger partial charge in [-0.3, -0.25) is 4.79 Å². The number of benzene rings is 3. The molecule has 154 valence electrons. The van der Waals surface area contributed by atoms with Crippen LogP contribution in [-0.2, 0) is 23.0 Å². The van der Waals surface area contributed by atoms with E-state index in [0.29, 0.717) is 0 Å². The molecule has 0 fully saturated rings. The molecule has 4 rings (SSSR count). The van der Waals surface area contributed by atoms with E-state index in [4.69, 9.17) is 11.6 Å². The lowest BCUT2D eigenvalue weighted by Crippen LogP contribution is -2.28. The maximum Gasteiger partial charge on any atom is 0.251 e. The van der Waals surface area contributed by atoms with Crippen LogP contribution in [0.1, 0.15) is 39.5 Å². The van der Waals surface area contributed by atoms with Crippen molar-refractivity contribution in [2.45, 2.75) is 30.3 Å². The third-order valence-corrected chi connectivity index (χ3v) is 7.11. The first-order valence-corrected chi connectivity index (χ1v) is 11.5. The van der Waals surface area contributed by atoms with Gasteiger partial charge in [-0.15, -0.1) is 0 Å². The highest BCUT2D eigenvalue weighted by Gasteiger charge is 2.25. The zero-order valence-electron chi connectivity index (χ0n) is 16.1. The normalized spacial score (nSPS) is 15.6. The van der Waals surface area contributed by atoms with E-state index in [-0.39, 0.29) is 34.0 Å². The average molecular weight is 441 g/mol. The second-order valence-electron chi connectivity index (χ2n) is 7.22. The van der Waals surface area contributed by atoms with Crippen molar-refractivity contribution in [2.24, 2.45) is 0 Å². The standard InChI is InChI=1S/C23H21ClN2O3S/c24-20-12-10-18(23(27)26-21-13-11-17-8-4-5-9-19(17)21)14-22(20)30(28,29)25-15-16-6-2-1-3-7-16/h1-10,12,14,21,25H,11,13,15H2,(H,26,27). The van der Waals surface area contributed by atoms with Crippen LogP contribution in [0, 0.1) is 0 Å². The van der Waals surface area contributed by atoms with Gasteiger partial charge in [-0.2, -0.15) is 0 Å². The first-order valence-electron chi connectivity index (χ1n) is 9.66. The van der Waals surface area contributed by atoms with Crippen LogP contribution in [0.3, 0.4) is 0 Å². The van der Waals surface area contributed by atoms with Gasteiger partial charge < -0.3 is 5.32 Å². The van der Waals surface area contributed by atoms with E-state index < -0.39 is 10.0 Å². The van der Waals surface area contributed by atoms with Crippen molar-refractivity contribution >= 4 is 27.5 Å². The Morgan fingerprint density at radius 2 is 1.73 bits per heavy atom. The van der Waals surface area contributed by atoms with Gasteiger partial charge in [-0.1, -0.05) is 66.2 Å². The largest absolute Gasteiger partial charge is 0.345 e. The molecule has 1 atom stereocenters. The topological polar surface area (TPSA) is 75.3 Å². The van der Waals surface area contributed by atoms with Gasteiger partial charge >= 0.3 is 0 Å². The molecular weight excluding hydrogens is 420 g/mol. The molecule has 0 aliphatic heterocycles. The van der Waals surface area contributed by atoms with Crippen LogP contribution in [0.2, 0.25) is 5.02 Å². The SMILES string of the molecule is O=C(NC1CCc2ccccc21)c1ccc(Cl)c(S(=O)(=O)NCc2ccccc2)c1. The molecule has 7 heteroatoms. The Bertz CT molecular complexity index is 1180. The summed E-state index contributed by atoms with van der Waals surface area (Å²) in [4.78, 5) is 12.7. The van der Waals surface area contributed by atoms with E-state index >= 15 is 0 Å². The first kappa shape index (κ1) is 20.6. The maximum absolute atomic E-state index is 12.8. The summed E-state index contributed by atoms with van der Waals surface area (Å²) in [6, 6.07) is 21.4. The molecule has 0 spiro atoms. The minimum absolute atomic E-state index is 0.0679. The lowest BCUT2D eigenvalue weighted by atomic mass is 10.1. The van der Waals surface area contributed by atoms with E-state index in [1.54, 1.807) is 0 Å². The van der Waals surface area contributed by atoms with Gasteiger partial charge in [0.25, 0.3) is 5.91 Å². The van der Waals surface area contributed by atoms with Crippen molar-refractivity contribution in [3.8, 4) is 0 Å². The third-order valence-electron chi connectivity index (χ3n) is 5.23. The Morgan fingerprint density at radius 1 is 1.00 bits per heavy atom. The van der Waals surface area contributed by atoms with Gasteiger partial charge in [0.1, 0.15) is 4.90 Å². The summed E-state index contributed by atoms with van der Waals surface area (Å²) in [6.45, 7) is 0.134. The summed E-state index contributed by atoms with van der Waals surface area (Å²) < 4.78 is 28.1. The quantitative estimate of drug-likeness (QED) is 0.602. The predicted octanol–water partition coefficient (Wildman–Crippen LogP) is 4.24. The van der Waals surface area contributed by atoms with Gasteiger partial charge in [0.05, 0.1) is 11.1 Å². The molecule has 1 amide bonds. The highest BCUT2D eigenvalue weighted by molar-refractivity contribution is 7.89. The number of sulfonamides is 1. The summed E-state index contributed by atoms with van der Waals surface area (Å²) in [5, 5.41) is 3.08. The fraction of sp³-hybridized carbons (Fsp3) is 0.174. The molecule has 2 N–H and O–H groups in total. The Kier molecular flexibility index (Phi) is 5.90. The number of fused-ring (bicyclic) bond motifs is 1. The van der Waals surface area contributed by atoms with Crippen LogP contribution in [0.25, 0.3) is 0 Å². The Balaban J connectivity index is 1.52. The lowest BCUT2D eigenvalue weighted by molar-refractivity contribution is 0.0936. The van der Waals surface area contributed by atoms with E-state index in [1.807, 2.05) is 48.5 Å². The molecule has 3 aromatic carbocycles. The average Bonchev–Trinajstić information content (AvgIpc) is 3.16. The number of carbonyl (C=O) groups is 1. The molecule has 1 unspecified atom stereocenters. The van der Waals surface area contributed by atoms with Crippen LogP contribution in [0.15, 0.2) is 77.7 Å². The van der Waals surface area contributed by atoms with Crippen LogP contribution < -0.4 is 10.0 Å². The number of hydrogen-bond acceptors (Lipinski definition) is 3. The molecule has 0 saturated carbocycles. The Labute approximate surface area is 181 Å². The van der Waals surface area contributed by atoms with Crippen molar-refractivity contribution in [2.75, 3.05) is 0 Å². The van der Waals surface area contributed by atoms with Gasteiger partial charge in [-0.25, -0.2) is 13.1 Å². The highest BCUT2D eigenvalue weighted by atomic mass is 35.5. The van der Waals surface area contributed by atoms with Gasteiger partial charge in [-0.05, 0) is 47.7 Å². The van der Waals surface area contributed by atoms with Crippen molar-refractivity contribution in [1.82, 2.24) is 10.0 Å². The summed E-state index contributed by atoms with van der Waals surface area (Å²) in [6.07, 6.45) is 1.73. The number of carbonyl (C=O) groups excluding carboxylic acids is 1. The summed E-state index contributed by atoms with van der Waals surface area (Å²) in [7, 11) is -3.88. The molecule has 0 radical (unpaired) electrons. The van der Waals surface area contributed by atoms with E-state index in [2.05, 4.69) is 16.1 Å². The monoisotopic (exact) mass is 440 g/mol. The van der Waals surface area contributed by atoms with Crippen LogP contribution >= 0.6 is 11.6 Å².